The van der Waals surface area contributed by atoms with Crippen LogP contribution in [0.5, 0.6) is 0 Å². The molecule has 4 rings (SSSR count). The van der Waals surface area contributed by atoms with Gasteiger partial charge < -0.3 is 20.9 Å². The second-order valence-electron chi connectivity index (χ2n) is 12.9. The molecule has 0 radical (unpaired) electrons. The highest BCUT2D eigenvalue weighted by atomic mass is 19.4. The first-order chi connectivity index (χ1) is 18.1. The first-order valence-corrected chi connectivity index (χ1v) is 13.7. The number of carbonyl (C=O) groups excluding carboxylic acids is 4. The van der Waals surface area contributed by atoms with Crippen LogP contribution in [0.3, 0.4) is 0 Å². The van der Waals surface area contributed by atoms with Crippen LogP contribution in [-0.2, 0) is 19.2 Å². The Kier molecular flexibility index (Phi) is 7.69. The number of alkyl halides is 3. The fourth-order valence-electron chi connectivity index (χ4n) is 7.03. The lowest BCUT2D eigenvalue weighted by atomic mass is 9.55. The minimum absolute atomic E-state index is 0.0314. The standard InChI is InChI=1S/C27H38F3N5O4/c1-25(2)10-15-13-35-20(19(15)25)22(37)33-16(11-31)9-17-14(12-32-21(17)36)7-5-6-8-18(23(35)38)34-24(39)26(3,4)27(28,29)30/h14-20H,5-10,12-13H2,1-4H3,(H,32,36)(H,33,37)(H,34,39)/t14-,15-,16-,17-,18-,19-,20-/m0/s1. The van der Waals surface area contributed by atoms with Crippen LogP contribution in [0.1, 0.15) is 66.2 Å². The number of halogens is 3. The van der Waals surface area contributed by atoms with E-state index in [-0.39, 0.29) is 48.5 Å². The zero-order chi connectivity index (χ0) is 28.9. The van der Waals surface area contributed by atoms with Crippen molar-refractivity contribution in [3.05, 3.63) is 0 Å². The van der Waals surface area contributed by atoms with E-state index in [1.807, 2.05) is 13.8 Å². The quantitative estimate of drug-likeness (QED) is 0.483. The molecule has 0 spiro atoms. The average Bonchev–Trinajstić information content (AvgIpc) is 3.36. The van der Waals surface area contributed by atoms with Gasteiger partial charge in [-0.2, -0.15) is 18.4 Å². The number of nitriles is 1. The van der Waals surface area contributed by atoms with Crippen molar-refractivity contribution in [2.45, 2.75) is 90.5 Å². The van der Waals surface area contributed by atoms with E-state index in [9.17, 15) is 37.6 Å². The molecule has 4 amide bonds. The normalized spacial score (nSPS) is 35.3. The van der Waals surface area contributed by atoms with Gasteiger partial charge in [0.05, 0.1) is 6.07 Å². The summed E-state index contributed by atoms with van der Waals surface area (Å²) in [5.41, 5.74) is -2.97. The molecule has 3 saturated heterocycles. The highest BCUT2D eigenvalue weighted by Crippen LogP contribution is 2.57. The summed E-state index contributed by atoms with van der Waals surface area (Å²) >= 11 is 0. The molecule has 9 nitrogen and oxygen atoms in total. The van der Waals surface area contributed by atoms with Crippen LogP contribution in [-0.4, -0.2) is 65.9 Å². The predicted molar refractivity (Wildman–Crippen MR) is 133 cm³/mol. The van der Waals surface area contributed by atoms with Crippen molar-refractivity contribution in [3.63, 3.8) is 0 Å². The molecule has 1 aliphatic carbocycles. The molecular weight excluding hydrogens is 515 g/mol. The largest absolute Gasteiger partial charge is 0.402 e. The number of hydrogen-bond acceptors (Lipinski definition) is 5. The van der Waals surface area contributed by atoms with Gasteiger partial charge in [-0.3, -0.25) is 19.2 Å². The number of fused-ring (bicyclic) bond motifs is 4. The summed E-state index contributed by atoms with van der Waals surface area (Å²) in [5.74, 6) is -3.24. The highest BCUT2D eigenvalue weighted by molar-refractivity contribution is 5.94. The van der Waals surface area contributed by atoms with Gasteiger partial charge in [0.25, 0.3) is 0 Å². The third-order valence-electron chi connectivity index (χ3n) is 9.46. The third kappa shape index (κ3) is 5.33. The fraction of sp³-hybridized carbons (Fsp3) is 0.815. The van der Waals surface area contributed by atoms with E-state index < -0.39 is 53.4 Å². The number of carbonyl (C=O) groups is 4. The smallest absolute Gasteiger partial charge is 0.356 e. The van der Waals surface area contributed by atoms with Crippen molar-refractivity contribution in [2.75, 3.05) is 13.1 Å². The molecule has 1 saturated carbocycles. The number of hydrogen-bond donors (Lipinski definition) is 3. The van der Waals surface area contributed by atoms with Gasteiger partial charge in [-0.05, 0) is 62.7 Å². The fourth-order valence-corrected chi connectivity index (χ4v) is 7.03. The molecule has 3 aliphatic heterocycles. The van der Waals surface area contributed by atoms with Gasteiger partial charge >= 0.3 is 6.18 Å². The zero-order valence-electron chi connectivity index (χ0n) is 22.9. The first-order valence-electron chi connectivity index (χ1n) is 13.7. The summed E-state index contributed by atoms with van der Waals surface area (Å²) in [7, 11) is 0. The average molecular weight is 554 g/mol. The minimum Gasteiger partial charge on any atom is -0.356 e. The van der Waals surface area contributed by atoms with Crippen molar-refractivity contribution >= 4 is 23.6 Å². The lowest BCUT2D eigenvalue weighted by molar-refractivity contribution is -0.212. The monoisotopic (exact) mass is 553 g/mol. The number of amides is 4. The van der Waals surface area contributed by atoms with Crippen molar-refractivity contribution in [1.29, 1.82) is 5.26 Å². The van der Waals surface area contributed by atoms with Crippen LogP contribution >= 0.6 is 0 Å². The van der Waals surface area contributed by atoms with E-state index in [0.717, 1.165) is 20.3 Å². The van der Waals surface area contributed by atoms with Crippen LogP contribution in [0.15, 0.2) is 0 Å². The molecule has 0 unspecified atom stereocenters. The molecule has 0 aromatic heterocycles. The summed E-state index contributed by atoms with van der Waals surface area (Å²) in [6, 6.07) is -0.997. The van der Waals surface area contributed by atoms with Gasteiger partial charge in [0.1, 0.15) is 23.5 Å². The number of nitrogens with zero attached hydrogens (tertiary/aromatic N) is 2. The first kappa shape index (κ1) is 29.2. The molecule has 39 heavy (non-hydrogen) atoms. The Balaban J connectivity index is 1.66. The molecule has 216 valence electrons. The Morgan fingerprint density at radius 1 is 1.10 bits per heavy atom. The highest BCUT2D eigenvalue weighted by Gasteiger charge is 2.61. The Bertz CT molecular complexity index is 1070. The van der Waals surface area contributed by atoms with E-state index in [1.165, 1.54) is 4.90 Å². The molecule has 4 fully saturated rings. The number of nitrogens with one attached hydrogen (secondary N) is 3. The van der Waals surface area contributed by atoms with Gasteiger partial charge in [-0.25, -0.2) is 0 Å². The van der Waals surface area contributed by atoms with Crippen LogP contribution in [0.2, 0.25) is 0 Å². The van der Waals surface area contributed by atoms with Gasteiger partial charge in [-0.1, -0.05) is 26.7 Å². The van der Waals surface area contributed by atoms with E-state index >= 15 is 0 Å². The Labute approximate surface area is 226 Å². The van der Waals surface area contributed by atoms with Crippen LogP contribution in [0, 0.1) is 45.8 Å². The summed E-state index contributed by atoms with van der Waals surface area (Å²) in [6.07, 6.45) is -2.14. The third-order valence-corrected chi connectivity index (χ3v) is 9.46. The minimum atomic E-state index is -4.82. The van der Waals surface area contributed by atoms with Crippen molar-refractivity contribution in [2.24, 2.45) is 34.5 Å². The van der Waals surface area contributed by atoms with Gasteiger partial charge in [0.15, 0.2) is 0 Å². The number of rotatable bonds is 2. The molecule has 3 heterocycles. The summed E-state index contributed by atoms with van der Waals surface area (Å²) in [5, 5.41) is 17.8. The second-order valence-corrected chi connectivity index (χ2v) is 12.9. The maximum atomic E-state index is 13.9. The van der Waals surface area contributed by atoms with Gasteiger partial charge in [0, 0.05) is 19.0 Å². The molecule has 0 bridgehead atoms. The van der Waals surface area contributed by atoms with Crippen molar-refractivity contribution < 1.29 is 32.3 Å². The molecule has 7 atom stereocenters. The zero-order valence-corrected chi connectivity index (χ0v) is 22.9. The van der Waals surface area contributed by atoms with E-state index in [4.69, 9.17) is 0 Å². The van der Waals surface area contributed by atoms with Crippen molar-refractivity contribution in [3.8, 4) is 6.07 Å². The Morgan fingerprint density at radius 2 is 1.77 bits per heavy atom. The molecule has 0 aromatic carbocycles. The Morgan fingerprint density at radius 3 is 2.38 bits per heavy atom. The van der Waals surface area contributed by atoms with Gasteiger partial charge in [0.2, 0.25) is 23.6 Å². The summed E-state index contributed by atoms with van der Waals surface area (Å²) in [4.78, 5) is 54.3. The lowest BCUT2D eigenvalue weighted by Crippen LogP contribution is -2.59. The van der Waals surface area contributed by atoms with Crippen molar-refractivity contribution in [1.82, 2.24) is 20.9 Å². The molecule has 0 aromatic rings. The maximum Gasteiger partial charge on any atom is 0.402 e. The lowest BCUT2D eigenvalue weighted by Gasteiger charge is -2.49. The summed E-state index contributed by atoms with van der Waals surface area (Å²) < 4.78 is 40.8. The molecule has 12 heteroatoms. The Hall–Kier alpha value is -2.84. The molecule has 4 aliphatic rings. The van der Waals surface area contributed by atoms with Crippen LogP contribution in [0.25, 0.3) is 0 Å². The van der Waals surface area contributed by atoms with E-state index in [2.05, 4.69) is 22.0 Å². The molecular formula is C27H38F3N5O4. The van der Waals surface area contributed by atoms with Gasteiger partial charge in [-0.15, -0.1) is 0 Å². The van der Waals surface area contributed by atoms with E-state index in [1.54, 1.807) is 0 Å². The second kappa shape index (κ2) is 10.3. The van der Waals surface area contributed by atoms with E-state index in [0.29, 0.717) is 25.8 Å². The SMILES string of the molecule is CC1(C)C[C@H]2CN3C(=O)[C@@H](NC(=O)C(C)(C)C(F)(F)F)CCCC[C@H]4CNC(=O)[C@H]4C[C@@H](C#N)NC(=O)[C@@H]3[C@H]21. The maximum absolute atomic E-state index is 13.9. The predicted octanol–water partition coefficient (Wildman–Crippen LogP) is 2.27. The summed E-state index contributed by atoms with van der Waals surface area (Å²) in [6.45, 7) is 6.24. The topological polar surface area (TPSA) is 131 Å². The van der Waals surface area contributed by atoms with Crippen LogP contribution in [0.4, 0.5) is 13.2 Å². The van der Waals surface area contributed by atoms with Crippen LogP contribution < -0.4 is 16.0 Å². The molecule has 3 N–H and O–H groups in total.